The van der Waals surface area contributed by atoms with Crippen LogP contribution in [0.3, 0.4) is 0 Å². The van der Waals surface area contributed by atoms with Gasteiger partial charge >= 0.3 is 0 Å². The van der Waals surface area contributed by atoms with Gasteiger partial charge in [-0.25, -0.2) is 13.4 Å². The third-order valence-corrected chi connectivity index (χ3v) is 5.64. The second-order valence-electron chi connectivity index (χ2n) is 4.48. The highest BCUT2D eigenvalue weighted by Crippen LogP contribution is 2.26. The molecule has 1 aromatic rings. The molecule has 0 unspecified atom stereocenters. The Bertz CT molecular complexity index is 520. The fourth-order valence-corrected chi connectivity index (χ4v) is 3.88. The number of aromatic nitrogens is 2. The zero-order valence-electron chi connectivity index (χ0n) is 10.1. The average Bonchev–Trinajstić information content (AvgIpc) is 2.70. The van der Waals surface area contributed by atoms with E-state index < -0.39 is 10.0 Å². The van der Waals surface area contributed by atoms with Crippen molar-refractivity contribution in [3.05, 3.63) is 11.5 Å². The van der Waals surface area contributed by atoms with Gasteiger partial charge in [-0.3, -0.25) is 0 Å². The monoisotopic (exact) mass is 293 g/mol. The van der Waals surface area contributed by atoms with E-state index in [0.29, 0.717) is 25.9 Å². The number of nitrogens with zero attached hydrogens (tertiary/aromatic N) is 3. The molecule has 1 saturated heterocycles. The van der Waals surface area contributed by atoms with Crippen LogP contribution in [0, 0.1) is 5.92 Å². The molecule has 0 bridgehead atoms. The predicted octanol–water partition coefficient (Wildman–Crippen LogP) is 0.466. The van der Waals surface area contributed by atoms with Gasteiger partial charge in [0.25, 0.3) is 10.0 Å². The second kappa shape index (κ2) is 5.16. The number of aliphatic hydroxyl groups is 1. The molecule has 0 aliphatic carbocycles. The highest BCUT2D eigenvalue weighted by atomic mass is 35.5. The Kier molecular flexibility index (Phi) is 3.96. The Balaban J connectivity index is 2.20. The maximum absolute atomic E-state index is 12.3. The summed E-state index contributed by atoms with van der Waals surface area (Å²) in [7, 11) is -1.97. The van der Waals surface area contributed by atoms with Crippen LogP contribution in [0.5, 0.6) is 0 Å². The number of hydrogen-bond donors (Lipinski definition) is 1. The number of hydrogen-bond acceptors (Lipinski definition) is 4. The van der Waals surface area contributed by atoms with Gasteiger partial charge in [0, 0.05) is 26.7 Å². The third kappa shape index (κ3) is 2.40. The minimum absolute atomic E-state index is 0.0888. The molecule has 0 amide bonds. The van der Waals surface area contributed by atoms with Crippen LogP contribution in [0.25, 0.3) is 0 Å². The van der Waals surface area contributed by atoms with Gasteiger partial charge in [0.15, 0.2) is 0 Å². The third-order valence-electron chi connectivity index (χ3n) is 3.25. The first kappa shape index (κ1) is 13.8. The lowest BCUT2D eigenvalue weighted by molar-refractivity contribution is 0.170. The first-order chi connectivity index (χ1) is 8.46. The summed E-state index contributed by atoms with van der Waals surface area (Å²) in [6.07, 6.45) is 2.72. The van der Waals surface area contributed by atoms with E-state index in [4.69, 9.17) is 16.7 Å². The van der Waals surface area contributed by atoms with Crippen LogP contribution in [0.1, 0.15) is 12.8 Å². The van der Waals surface area contributed by atoms with Gasteiger partial charge in [-0.1, -0.05) is 11.6 Å². The van der Waals surface area contributed by atoms with Gasteiger partial charge in [-0.15, -0.1) is 0 Å². The first-order valence-electron chi connectivity index (χ1n) is 5.74. The molecule has 2 heterocycles. The molecule has 18 heavy (non-hydrogen) atoms. The summed E-state index contributed by atoms with van der Waals surface area (Å²) in [5, 5.41) is 9.08. The normalized spacial score (nSPS) is 19.3. The summed E-state index contributed by atoms with van der Waals surface area (Å²) >= 11 is 5.92. The molecule has 1 N–H and O–H groups in total. The Hall–Kier alpha value is -0.630. The van der Waals surface area contributed by atoms with Crippen LogP contribution in [0.4, 0.5) is 0 Å². The SMILES string of the molecule is Cn1cnc(S(=O)(=O)N2CCC(CO)CC2)c1Cl. The van der Waals surface area contributed by atoms with E-state index in [1.807, 2.05) is 0 Å². The molecular weight excluding hydrogens is 278 g/mol. The van der Waals surface area contributed by atoms with Crippen molar-refractivity contribution in [2.45, 2.75) is 17.9 Å². The molecule has 0 radical (unpaired) electrons. The van der Waals surface area contributed by atoms with Crippen molar-refractivity contribution in [1.82, 2.24) is 13.9 Å². The fourth-order valence-electron chi connectivity index (χ4n) is 2.02. The van der Waals surface area contributed by atoms with Gasteiger partial charge in [0.2, 0.25) is 5.03 Å². The van der Waals surface area contributed by atoms with Crippen LogP contribution in [-0.4, -0.2) is 47.1 Å². The lowest BCUT2D eigenvalue weighted by Gasteiger charge is -2.29. The molecule has 102 valence electrons. The van der Waals surface area contributed by atoms with E-state index in [9.17, 15) is 8.42 Å². The highest BCUT2D eigenvalue weighted by Gasteiger charge is 2.32. The number of piperidine rings is 1. The number of rotatable bonds is 3. The Morgan fingerprint density at radius 2 is 2.11 bits per heavy atom. The van der Waals surface area contributed by atoms with Crippen molar-refractivity contribution in [3.8, 4) is 0 Å². The van der Waals surface area contributed by atoms with E-state index in [-0.39, 0.29) is 22.7 Å². The van der Waals surface area contributed by atoms with Gasteiger partial charge in [0.05, 0.1) is 6.33 Å². The predicted molar refractivity (Wildman–Crippen MR) is 66.8 cm³/mol. The maximum atomic E-state index is 12.3. The molecule has 1 aromatic heterocycles. The van der Waals surface area contributed by atoms with Crippen LogP contribution in [-0.2, 0) is 17.1 Å². The smallest absolute Gasteiger partial charge is 0.263 e. The lowest BCUT2D eigenvalue weighted by Crippen LogP contribution is -2.39. The summed E-state index contributed by atoms with van der Waals surface area (Å²) < 4.78 is 27.5. The Morgan fingerprint density at radius 3 is 2.56 bits per heavy atom. The number of imidazole rings is 1. The quantitative estimate of drug-likeness (QED) is 0.879. The minimum atomic E-state index is -3.62. The van der Waals surface area contributed by atoms with Crippen LogP contribution < -0.4 is 0 Å². The van der Waals surface area contributed by atoms with E-state index >= 15 is 0 Å². The number of aliphatic hydroxyl groups excluding tert-OH is 1. The summed E-state index contributed by atoms with van der Waals surface area (Å²) in [4.78, 5) is 3.85. The molecule has 2 rings (SSSR count). The summed E-state index contributed by atoms with van der Waals surface area (Å²) in [6, 6.07) is 0. The molecule has 0 spiro atoms. The number of aryl methyl sites for hydroxylation is 1. The summed E-state index contributed by atoms with van der Waals surface area (Å²) in [5.41, 5.74) is 0. The van der Waals surface area contributed by atoms with Crippen molar-refractivity contribution in [2.24, 2.45) is 13.0 Å². The molecule has 1 fully saturated rings. The Morgan fingerprint density at radius 1 is 1.50 bits per heavy atom. The van der Waals surface area contributed by atoms with E-state index in [1.54, 1.807) is 7.05 Å². The number of halogens is 1. The Labute approximate surface area is 111 Å². The summed E-state index contributed by atoms with van der Waals surface area (Å²) in [6.45, 7) is 0.916. The van der Waals surface area contributed by atoms with Gasteiger partial charge in [0.1, 0.15) is 5.15 Å². The zero-order chi connectivity index (χ0) is 13.3. The largest absolute Gasteiger partial charge is 0.396 e. The van der Waals surface area contributed by atoms with Crippen molar-refractivity contribution in [1.29, 1.82) is 0 Å². The van der Waals surface area contributed by atoms with Crippen molar-refractivity contribution >= 4 is 21.6 Å². The van der Waals surface area contributed by atoms with Crippen LogP contribution >= 0.6 is 11.6 Å². The topological polar surface area (TPSA) is 75.4 Å². The van der Waals surface area contributed by atoms with Crippen molar-refractivity contribution < 1.29 is 13.5 Å². The molecule has 1 aliphatic rings. The molecular formula is C10H16ClN3O3S. The highest BCUT2D eigenvalue weighted by molar-refractivity contribution is 7.89. The van der Waals surface area contributed by atoms with Crippen molar-refractivity contribution in [3.63, 3.8) is 0 Å². The number of sulfonamides is 1. The molecule has 1 aliphatic heterocycles. The molecule has 0 atom stereocenters. The summed E-state index contributed by atoms with van der Waals surface area (Å²) in [5.74, 6) is 0.190. The zero-order valence-corrected chi connectivity index (χ0v) is 11.7. The minimum Gasteiger partial charge on any atom is -0.396 e. The average molecular weight is 294 g/mol. The fraction of sp³-hybridized carbons (Fsp3) is 0.700. The second-order valence-corrected chi connectivity index (χ2v) is 6.69. The molecule has 0 aromatic carbocycles. The van der Waals surface area contributed by atoms with Gasteiger partial charge < -0.3 is 9.67 Å². The maximum Gasteiger partial charge on any atom is 0.263 e. The van der Waals surface area contributed by atoms with E-state index in [1.165, 1.54) is 15.2 Å². The van der Waals surface area contributed by atoms with Crippen molar-refractivity contribution in [2.75, 3.05) is 19.7 Å². The first-order valence-corrected chi connectivity index (χ1v) is 7.56. The standard InChI is InChI=1S/C10H16ClN3O3S/c1-13-7-12-10(9(13)11)18(16,17)14-4-2-8(6-15)3-5-14/h7-8,15H,2-6H2,1H3. The van der Waals surface area contributed by atoms with E-state index in [2.05, 4.69) is 4.98 Å². The van der Waals surface area contributed by atoms with E-state index in [0.717, 1.165) is 0 Å². The molecule has 6 nitrogen and oxygen atoms in total. The molecule has 0 saturated carbocycles. The molecule has 8 heteroatoms. The van der Waals surface area contributed by atoms with Crippen LogP contribution in [0.2, 0.25) is 5.15 Å². The van der Waals surface area contributed by atoms with Gasteiger partial charge in [-0.05, 0) is 18.8 Å². The lowest BCUT2D eigenvalue weighted by atomic mass is 10.00. The van der Waals surface area contributed by atoms with Gasteiger partial charge in [-0.2, -0.15) is 4.31 Å². The van der Waals surface area contributed by atoms with Crippen LogP contribution in [0.15, 0.2) is 11.4 Å².